The number of nitrogens with one attached hydrogen (secondary N) is 1. The molecule has 0 unspecified atom stereocenters. The molecule has 1 fully saturated rings. The van der Waals surface area contributed by atoms with Gasteiger partial charge in [-0.05, 0) is 60.9 Å². The molecule has 0 bridgehead atoms. The monoisotopic (exact) mass is 481 g/mol. The molecule has 0 radical (unpaired) electrons. The molecule has 2 aromatic carbocycles. The normalized spacial score (nSPS) is 14.6. The Balaban J connectivity index is 1.38. The molecule has 1 N–H and O–H groups in total. The van der Waals surface area contributed by atoms with Gasteiger partial charge in [0.15, 0.2) is 11.5 Å². The largest absolute Gasteiger partial charge is 0.493 e. The maximum Gasteiger partial charge on any atom is 0.253 e. The van der Waals surface area contributed by atoms with Gasteiger partial charge in [0.05, 0.1) is 12.0 Å². The number of benzene rings is 2. The number of carbonyl (C=O) groups excluding carboxylic acids is 1. The summed E-state index contributed by atoms with van der Waals surface area (Å²) in [6.07, 6.45) is 4.47. The average Bonchev–Trinajstić information content (AvgIpc) is 2.88. The smallest absolute Gasteiger partial charge is 0.253 e. The number of ether oxygens (including phenoxy) is 2. The summed E-state index contributed by atoms with van der Waals surface area (Å²) in [7, 11) is -2.03. The Morgan fingerprint density at radius 3 is 2.41 bits per heavy atom. The molecule has 178 valence electrons. The Morgan fingerprint density at radius 2 is 1.74 bits per heavy atom. The van der Waals surface area contributed by atoms with Crippen molar-refractivity contribution in [3.8, 4) is 11.5 Å². The van der Waals surface area contributed by atoms with Crippen molar-refractivity contribution >= 4 is 15.9 Å². The van der Waals surface area contributed by atoms with Gasteiger partial charge in [-0.25, -0.2) is 13.1 Å². The van der Waals surface area contributed by atoms with Gasteiger partial charge in [0.2, 0.25) is 10.0 Å². The number of hydrogen-bond acceptors (Lipinski definition) is 6. The Hall–Kier alpha value is -3.43. The van der Waals surface area contributed by atoms with E-state index in [9.17, 15) is 13.2 Å². The number of methoxy groups -OCH3 is 1. The third-order valence-corrected chi connectivity index (χ3v) is 7.25. The third-order valence-electron chi connectivity index (χ3n) is 5.71. The van der Waals surface area contributed by atoms with Crippen molar-refractivity contribution in [3.63, 3.8) is 0 Å². The van der Waals surface area contributed by atoms with Crippen molar-refractivity contribution in [1.29, 1.82) is 0 Å². The van der Waals surface area contributed by atoms with E-state index in [4.69, 9.17) is 9.47 Å². The van der Waals surface area contributed by atoms with E-state index in [-0.39, 0.29) is 16.8 Å². The fourth-order valence-electron chi connectivity index (χ4n) is 3.83. The SMILES string of the molecule is COc1ccc(C(=O)N2CCC(NS(=O)(=O)c3ccccc3)CC2)cc1OCc1ccncc1. The van der Waals surface area contributed by atoms with Crippen LogP contribution in [0.2, 0.25) is 0 Å². The summed E-state index contributed by atoms with van der Waals surface area (Å²) in [6.45, 7) is 1.24. The van der Waals surface area contributed by atoms with Crippen molar-refractivity contribution in [2.75, 3.05) is 20.2 Å². The maximum atomic E-state index is 13.1. The molecule has 1 aliphatic rings. The topological polar surface area (TPSA) is 97.8 Å². The van der Waals surface area contributed by atoms with Gasteiger partial charge in [-0.3, -0.25) is 9.78 Å². The van der Waals surface area contributed by atoms with Crippen molar-refractivity contribution in [1.82, 2.24) is 14.6 Å². The van der Waals surface area contributed by atoms with E-state index < -0.39 is 10.0 Å². The Labute approximate surface area is 199 Å². The lowest BCUT2D eigenvalue weighted by atomic mass is 10.0. The molecule has 1 saturated heterocycles. The fraction of sp³-hybridized carbons (Fsp3) is 0.280. The Kier molecular flexibility index (Phi) is 7.44. The zero-order chi connectivity index (χ0) is 24.0. The van der Waals surface area contributed by atoms with Gasteiger partial charge < -0.3 is 14.4 Å². The van der Waals surface area contributed by atoms with Crippen LogP contribution in [0.4, 0.5) is 0 Å². The zero-order valence-electron chi connectivity index (χ0n) is 18.9. The van der Waals surface area contributed by atoms with Crippen molar-refractivity contribution in [2.24, 2.45) is 0 Å². The van der Waals surface area contributed by atoms with Crippen LogP contribution in [0.25, 0.3) is 0 Å². The molecule has 1 aliphatic heterocycles. The molecular formula is C25H27N3O5S. The minimum atomic E-state index is -3.58. The first kappa shape index (κ1) is 23.7. The van der Waals surface area contributed by atoms with Gasteiger partial charge in [0.25, 0.3) is 5.91 Å². The summed E-state index contributed by atoms with van der Waals surface area (Å²) in [5.74, 6) is 0.899. The molecule has 2 heterocycles. The summed E-state index contributed by atoms with van der Waals surface area (Å²) in [6, 6.07) is 16.9. The highest BCUT2D eigenvalue weighted by Crippen LogP contribution is 2.30. The van der Waals surface area contributed by atoms with E-state index in [1.165, 1.54) is 0 Å². The van der Waals surface area contributed by atoms with Crippen LogP contribution in [-0.4, -0.2) is 50.5 Å². The third kappa shape index (κ3) is 5.73. The molecule has 0 aliphatic carbocycles. The molecule has 9 heteroatoms. The number of rotatable bonds is 8. The van der Waals surface area contributed by atoms with E-state index in [0.717, 1.165) is 5.56 Å². The standard InChI is InChI=1S/C25H27N3O5S/c1-32-23-8-7-20(17-24(23)33-18-19-9-13-26-14-10-19)25(29)28-15-11-21(12-16-28)27-34(30,31)22-5-3-2-4-6-22/h2-10,13-14,17,21,27H,11-12,15-16,18H2,1H3. The molecule has 4 rings (SSSR count). The van der Waals surface area contributed by atoms with E-state index >= 15 is 0 Å². The molecule has 0 saturated carbocycles. The summed E-state index contributed by atoms with van der Waals surface area (Å²) in [5.41, 5.74) is 1.45. The average molecular weight is 482 g/mol. The molecule has 1 aromatic heterocycles. The number of amides is 1. The van der Waals surface area contributed by atoms with Crippen LogP contribution in [0.15, 0.2) is 78.0 Å². The molecule has 8 nitrogen and oxygen atoms in total. The quantitative estimate of drug-likeness (QED) is 0.530. The number of pyridine rings is 1. The van der Waals surface area contributed by atoms with Crippen LogP contribution < -0.4 is 14.2 Å². The molecule has 3 aromatic rings. The lowest BCUT2D eigenvalue weighted by molar-refractivity contribution is 0.0710. The highest BCUT2D eigenvalue weighted by Gasteiger charge is 2.27. The second-order valence-corrected chi connectivity index (χ2v) is 9.72. The molecule has 34 heavy (non-hydrogen) atoms. The first-order chi connectivity index (χ1) is 16.5. The summed E-state index contributed by atoms with van der Waals surface area (Å²) >= 11 is 0. The number of aromatic nitrogens is 1. The Bertz CT molecular complexity index is 1210. The number of piperidine rings is 1. The van der Waals surface area contributed by atoms with E-state index in [1.807, 2.05) is 12.1 Å². The van der Waals surface area contributed by atoms with Gasteiger partial charge >= 0.3 is 0 Å². The summed E-state index contributed by atoms with van der Waals surface area (Å²) in [5, 5.41) is 0. The number of carbonyl (C=O) groups is 1. The second kappa shape index (κ2) is 10.7. The van der Waals surface area contributed by atoms with Gasteiger partial charge in [0, 0.05) is 37.1 Å². The minimum Gasteiger partial charge on any atom is -0.493 e. The van der Waals surface area contributed by atoms with Crippen LogP contribution >= 0.6 is 0 Å². The van der Waals surface area contributed by atoms with Gasteiger partial charge in [0.1, 0.15) is 6.61 Å². The van der Waals surface area contributed by atoms with Gasteiger partial charge in [-0.1, -0.05) is 18.2 Å². The van der Waals surface area contributed by atoms with E-state index in [0.29, 0.717) is 49.6 Å². The maximum absolute atomic E-state index is 13.1. The second-order valence-electron chi connectivity index (χ2n) is 8.01. The lowest BCUT2D eigenvalue weighted by Crippen LogP contribution is -2.46. The number of likely N-dealkylation sites (tertiary alicyclic amines) is 1. The first-order valence-corrected chi connectivity index (χ1v) is 12.5. The van der Waals surface area contributed by atoms with Crippen LogP contribution in [0.1, 0.15) is 28.8 Å². The predicted octanol–water partition coefficient (Wildman–Crippen LogP) is 3.25. The first-order valence-electron chi connectivity index (χ1n) is 11.0. The molecule has 1 amide bonds. The van der Waals surface area contributed by atoms with Crippen LogP contribution in [0.3, 0.4) is 0 Å². The zero-order valence-corrected chi connectivity index (χ0v) is 19.7. The summed E-state index contributed by atoms with van der Waals surface area (Å²) < 4.78 is 39.2. The molecule has 0 atom stereocenters. The summed E-state index contributed by atoms with van der Waals surface area (Å²) in [4.78, 5) is 19.1. The lowest BCUT2D eigenvalue weighted by Gasteiger charge is -2.32. The van der Waals surface area contributed by atoms with Crippen LogP contribution in [0.5, 0.6) is 11.5 Å². The molecular weight excluding hydrogens is 454 g/mol. The molecule has 0 spiro atoms. The predicted molar refractivity (Wildman–Crippen MR) is 127 cm³/mol. The number of nitrogens with zero attached hydrogens (tertiary/aromatic N) is 2. The van der Waals surface area contributed by atoms with Gasteiger partial charge in [-0.15, -0.1) is 0 Å². The fourth-order valence-corrected chi connectivity index (χ4v) is 5.16. The Morgan fingerprint density at radius 1 is 1.03 bits per heavy atom. The number of sulfonamides is 1. The van der Waals surface area contributed by atoms with Crippen molar-refractivity contribution in [3.05, 3.63) is 84.2 Å². The highest BCUT2D eigenvalue weighted by molar-refractivity contribution is 7.89. The van der Waals surface area contributed by atoms with Gasteiger partial charge in [-0.2, -0.15) is 0 Å². The van der Waals surface area contributed by atoms with Crippen LogP contribution in [0, 0.1) is 0 Å². The van der Waals surface area contributed by atoms with Crippen molar-refractivity contribution < 1.29 is 22.7 Å². The number of hydrogen-bond donors (Lipinski definition) is 1. The van der Waals surface area contributed by atoms with Crippen molar-refractivity contribution in [2.45, 2.75) is 30.4 Å². The van der Waals surface area contributed by atoms with E-state index in [1.54, 1.807) is 72.9 Å². The van der Waals surface area contributed by atoms with E-state index in [2.05, 4.69) is 9.71 Å². The minimum absolute atomic E-state index is 0.124. The highest BCUT2D eigenvalue weighted by atomic mass is 32.2. The van der Waals surface area contributed by atoms with Crippen LogP contribution in [-0.2, 0) is 16.6 Å².